The molecule has 5 nitrogen and oxygen atoms in total. The molecule has 0 aliphatic carbocycles. The Labute approximate surface area is 104 Å². The third kappa shape index (κ3) is 3.17. The Hall–Kier alpha value is -1.62. The SMILES string of the molecule is CCCn1cc(Oc2cnc(CCl)cn2)cn1. The minimum atomic E-state index is 0.349. The molecule has 0 amide bonds. The highest BCUT2D eigenvalue weighted by molar-refractivity contribution is 6.16. The molecular formula is C11H13ClN4O. The Morgan fingerprint density at radius 3 is 2.82 bits per heavy atom. The van der Waals surface area contributed by atoms with Gasteiger partial charge in [-0.25, -0.2) is 4.98 Å². The lowest BCUT2D eigenvalue weighted by Crippen LogP contribution is -1.95. The van der Waals surface area contributed by atoms with Crippen LogP contribution >= 0.6 is 11.6 Å². The lowest BCUT2D eigenvalue weighted by atomic mass is 10.5. The van der Waals surface area contributed by atoms with Gasteiger partial charge in [-0.1, -0.05) is 6.92 Å². The van der Waals surface area contributed by atoms with Crippen molar-refractivity contribution in [3.63, 3.8) is 0 Å². The quantitative estimate of drug-likeness (QED) is 0.768. The number of aromatic nitrogens is 4. The van der Waals surface area contributed by atoms with Gasteiger partial charge in [0, 0.05) is 6.54 Å². The lowest BCUT2D eigenvalue weighted by molar-refractivity contribution is 0.458. The van der Waals surface area contributed by atoms with Crippen LogP contribution in [-0.4, -0.2) is 19.7 Å². The van der Waals surface area contributed by atoms with Crippen molar-refractivity contribution in [1.82, 2.24) is 19.7 Å². The van der Waals surface area contributed by atoms with Gasteiger partial charge in [0.2, 0.25) is 5.88 Å². The lowest BCUT2D eigenvalue weighted by Gasteiger charge is -2.01. The maximum absolute atomic E-state index is 5.62. The molecule has 0 fully saturated rings. The molecule has 0 atom stereocenters. The van der Waals surface area contributed by atoms with E-state index in [9.17, 15) is 0 Å². The number of aryl methyl sites for hydroxylation is 1. The number of hydrogen-bond acceptors (Lipinski definition) is 4. The minimum Gasteiger partial charge on any atom is -0.434 e. The summed E-state index contributed by atoms with van der Waals surface area (Å²) in [6, 6.07) is 0. The van der Waals surface area contributed by atoms with Gasteiger partial charge in [-0.15, -0.1) is 11.6 Å². The summed E-state index contributed by atoms with van der Waals surface area (Å²) in [5.74, 6) is 1.45. The van der Waals surface area contributed by atoms with Gasteiger partial charge in [-0.05, 0) is 6.42 Å². The van der Waals surface area contributed by atoms with E-state index in [4.69, 9.17) is 16.3 Å². The van der Waals surface area contributed by atoms with Crippen LogP contribution in [0.15, 0.2) is 24.8 Å². The smallest absolute Gasteiger partial charge is 0.238 e. The van der Waals surface area contributed by atoms with Crippen molar-refractivity contribution < 1.29 is 4.74 Å². The van der Waals surface area contributed by atoms with E-state index in [2.05, 4.69) is 22.0 Å². The molecule has 0 spiro atoms. The summed E-state index contributed by atoms with van der Waals surface area (Å²) in [5, 5.41) is 4.16. The summed E-state index contributed by atoms with van der Waals surface area (Å²) in [6.07, 6.45) is 7.67. The van der Waals surface area contributed by atoms with Gasteiger partial charge >= 0.3 is 0 Å². The number of rotatable bonds is 5. The Balaban J connectivity index is 2.03. The largest absolute Gasteiger partial charge is 0.434 e. The monoisotopic (exact) mass is 252 g/mol. The number of halogens is 1. The van der Waals surface area contributed by atoms with Crippen molar-refractivity contribution >= 4 is 11.6 Å². The van der Waals surface area contributed by atoms with E-state index in [-0.39, 0.29) is 0 Å². The molecule has 0 N–H and O–H groups in total. The van der Waals surface area contributed by atoms with Gasteiger partial charge in [0.05, 0.1) is 36.4 Å². The van der Waals surface area contributed by atoms with E-state index in [0.29, 0.717) is 17.5 Å². The highest BCUT2D eigenvalue weighted by Crippen LogP contribution is 2.17. The molecule has 17 heavy (non-hydrogen) atoms. The Morgan fingerprint density at radius 1 is 1.29 bits per heavy atom. The minimum absolute atomic E-state index is 0.349. The first-order chi connectivity index (χ1) is 8.31. The van der Waals surface area contributed by atoms with Gasteiger partial charge in [0.1, 0.15) is 0 Å². The molecule has 0 saturated heterocycles. The molecule has 2 heterocycles. The van der Waals surface area contributed by atoms with Gasteiger partial charge in [0.25, 0.3) is 0 Å². The first-order valence-corrected chi connectivity index (χ1v) is 5.92. The van der Waals surface area contributed by atoms with Gasteiger partial charge < -0.3 is 4.74 Å². The van der Waals surface area contributed by atoms with E-state index in [1.54, 1.807) is 18.6 Å². The second-order valence-corrected chi connectivity index (χ2v) is 3.79. The zero-order valence-corrected chi connectivity index (χ0v) is 10.3. The fourth-order valence-corrected chi connectivity index (χ4v) is 1.47. The van der Waals surface area contributed by atoms with Crippen LogP contribution in [0.2, 0.25) is 0 Å². The second kappa shape index (κ2) is 5.63. The van der Waals surface area contributed by atoms with Crippen LogP contribution in [0.1, 0.15) is 19.0 Å². The van der Waals surface area contributed by atoms with Crippen molar-refractivity contribution in [3.05, 3.63) is 30.5 Å². The summed E-state index contributed by atoms with van der Waals surface area (Å²) in [5.41, 5.74) is 0.723. The Kier molecular flexibility index (Phi) is 3.93. The fraction of sp³-hybridized carbons (Fsp3) is 0.364. The molecule has 0 unspecified atom stereocenters. The van der Waals surface area contributed by atoms with E-state index >= 15 is 0 Å². The number of alkyl halides is 1. The average Bonchev–Trinajstić information content (AvgIpc) is 2.78. The molecule has 0 aliphatic rings. The van der Waals surface area contributed by atoms with E-state index in [1.807, 2.05) is 10.9 Å². The van der Waals surface area contributed by atoms with E-state index in [0.717, 1.165) is 18.7 Å². The zero-order valence-electron chi connectivity index (χ0n) is 9.51. The Morgan fingerprint density at radius 2 is 2.18 bits per heavy atom. The summed E-state index contributed by atoms with van der Waals surface area (Å²) in [4.78, 5) is 8.18. The highest BCUT2D eigenvalue weighted by Gasteiger charge is 2.02. The third-order valence-electron chi connectivity index (χ3n) is 2.10. The summed E-state index contributed by atoms with van der Waals surface area (Å²) >= 11 is 5.62. The molecule has 6 heteroatoms. The summed E-state index contributed by atoms with van der Waals surface area (Å²) in [6.45, 7) is 2.97. The van der Waals surface area contributed by atoms with Crippen molar-refractivity contribution in [2.24, 2.45) is 0 Å². The molecule has 0 radical (unpaired) electrons. The first kappa shape index (κ1) is 11.9. The highest BCUT2D eigenvalue weighted by atomic mass is 35.5. The molecule has 0 saturated carbocycles. The van der Waals surface area contributed by atoms with Crippen LogP contribution in [0, 0.1) is 0 Å². The summed E-state index contributed by atoms with van der Waals surface area (Å²) < 4.78 is 7.33. The summed E-state index contributed by atoms with van der Waals surface area (Å²) in [7, 11) is 0. The van der Waals surface area contributed by atoms with E-state index < -0.39 is 0 Å². The molecule has 0 bridgehead atoms. The standard InChI is InChI=1S/C11H13ClN4O/c1-2-3-16-8-10(6-15-16)17-11-7-13-9(4-12)5-14-11/h5-8H,2-4H2,1H3. The van der Waals surface area contributed by atoms with Gasteiger partial charge in [0.15, 0.2) is 5.75 Å². The van der Waals surface area contributed by atoms with Crippen LogP contribution in [0.25, 0.3) is 0 Å². The van der Waals surface area contributed by atoms with Gasteiger partial charge in [-0.3, -0.25) is 9.67 Å². The van der Waals surface area contributed by atoms with Crippen LogP contribution in [-0.2, 0) is 12.4 Å². The van der Waals surface area contributed by atoms with Crippen molar-refractivity contribution in [2.45, 2.75) is 25.8 Å². The molecule has 0 aromatic carbocycles. The van der Waals surface area contributed by atoms with Crippen molar-refractivity contribution in [1.29, 1.82) is 0 Å². The van der Waals surface area contributed by atoms with Crippen LogP contribution in [0.5, 0.6) is 11.6 Å². The number of hydrogen-bond donors (Lipinski definition) is 0. The Bertz CT molecular complexity index is 469. The predicted octanol–water partition coefficient (Wildman–Crippen LogP) is 2.61. The number of ether oxygens (including phenoxy) is 1. The average molecular weight is 253 g/mol. The first-order valence-electron chi connectivity index (χ1n) is 5.39. The van der Waals surface area contributed by atoms with Crippen LogP contribution in [0.4, 0.5) is 0 Å². The van der Waals surface area contributed by atoms with Gasteiger partial charge in [-0.2, -0.15) is 5.10 Å². The fourth-order valence-electron chi connectivity index (χ4n) is 1.33. The van der Waals surface area contributed by atoms with Crippen molar-refractivity contribution in [2.75, 3.05) is 0 Å². The molecule has 2 rings (SSSR count). The normalized spacial score (nSPS) is 10.5. The second-order valence-electron chi connectivity index (χ2n) is 3.52. The van der Waals surface area contributed by atoms with Crippen LogP contribution < -0.4 is 4.74 Å². The molecular weight excluding hydrogens is 240 g/mol. The molecule has 0 aliphatic heterocycles. The maximum Gasteiger partial charge on any atom is 0.238 e. The third-order valence-corrected chi connectivity index (χ3v) is 2.38. The number of nitrogens with zero attached hydrogens (tertiary/aromatic N) is 4. The van der Waals surface area contributed by atoms with Crippen LogP contribution in [0.3, 0.4) is 0 Å². The molecule has 2 aromatic heterocycles. The maximum atomic E-state index is 5.62. The predicted molar refractivity (Wildman–Crippen MR) is 64.2 cm³/mol. The zero-order chi connectivity index (χ0) is 12.1. The topological polar surface area (TPSA) is 52.8 Å². The van der Waals surface area contributed by atoms with Crippen molar-refractivity contribution in [3.8, 4) is 11.6 Å². The van der Waals surface area contributed by atoms with E-state index in [1.165, 1.54) is 0 Å². The molecule has 90 valence electrons. The molecule has 2 aromatic rings.